The van der Waals surface area contributed by atoms with Crippen molar-refractivity contribution in [1.82, 2.24) is 10.3 Å². The van der Waals surface area contributed by atoms with Gasteiger partial charge in [0.1, 0.15) is 23.6 Å². The van der Waals surface area contributed by atoms with Gasteiger partial charge in [-0.1, -0.05) is 200 Å². The summed E-state index contributed by atoms with van der Waals surface area (Å²) in [5.41, 5.74) is 3.31. The molecule has 3 aliphatic rings. The van der Waals surface area contributed by atoms with Gasteiger partial charge in [-0.15, -0.1) is 0 Å². The van der Waals surface area contributed by atoms with Crippen LogP contribution in [0.25, 0.3) is 16.7 Å². The molecule has 4 unspecified atom stereocenters. The fourth-order valence-electron chi connectivity index (χ4n) is 12.6. The normalized spacial score (nSPS) is 20.8. The standard InChI is InChI=1S/C68H85N5O6.3C2H4O2.2Cu/c1-39-35-47(65(5,6)7)55(48(36-39)66(8,9)10)78-63(76)53-51(43-29-19-17-20-30-43)57(70-59(53)72-61(74)45-33-25-23-27-41(45)3)69-58-52(44-31-21-18-22-32-44)54(60(71-58)73-62(75)46-34-26-24-28-42(46)4)64(77)79-56-49(67(11,12)13)37-40(2)38-50(56)68(14,15)16;3*1-2(3)4;;/h17-34,39-40,47-50,55-56H,35-38H2,1-16H3,(H3,69,70,71,72,73,74,75,76,77);3*1H3,(H,3,4);;/q;;;;;+1/p-1. The monoisotopic (exact) mass is 1370 g/mol. The summed E-state index contributed by atoms with van der Waals surface area (Å²) in [6.07, 6.45) is 2.56. The number of aliphatic carboxylic acids is 3. The molecule has 0 spiro atoms. The van der Waals surface area contributed by atoms with E-state index in [-0.39, 0.29) is 114 Å². The molecule has 4 atom stereocenters. The Kier molecular flexibility index (Phi) is 28.8. The molecule has 5 aromatic rings. The first-order valence-electron chi connectivity index (χ1n) is 31.2. The largest absolute Gasteiger partial charge is 1.00 e. The Morgan fingerprint density at radius 2 is 0.849 bits per heavy atom. The van der Waals surface area contributed by atoms with E-state index in [4.69, 9.17) is 54.1 Å². The first kappa shape index (κ1) is 79.8. The van der Waals surface area contributed by atoms with Crippen LogP contribution in [0.2, 0.25) is 0 Å². The molecule has 4 aromatic carbocycles. The maximum atomic E-state index is 15.7. The maximum Gasteiger partial charge on any atom is 1.00 e. The molecule has 2 aliphatic carbocycles. The minimum absolute atomic E-state index is 0. The fraction of sp³-hybridized carbons (Fsp3) is 0.473. The molecule has 0 bridgehead atoms. The summed E-state index contributed by atoms with van der Waals surface area (Å²) in [6, 6.07) is 33.2. The van der Waals surface area contributed by atoms with Crippen molar-refractivity contribution >= 4 is 70.5 Å². The quantitative estimate of drug-likeness (QED) is 0.0644. The van der Waals surface area contributed by atoms with Crippen molar-refractivity contribution in [2.45, 2.75) is 169 Å². The first-order valence-corrected chi connectivity index (χ1v) is 31.2. The van der Waals surface area contributed by atoms with Gasteiger partial charge in [0.15, 0.2) is 0 Å². The number of benzene rings is 4. The van der Waals surface area contributed by atoms with E-state index in [2.05, 4.69) is 108 Å². The van der Waals surface area contributed by atoms with E-state index in [0.29, 0.717) is 45.2 Å². The predicted molar refractivity (Wildman–Crippen MR) is 358 cm³/mol. The summed E-state index contributed by atoms with van der Waals surface area (Å²) < 4.78 is 13.9. The number of hydrogen-bond donors (Lipinski definition) is 5. The number of hydrogen-bond acceptors (Lipinski definition) is 10. The van der Waals surface area contributed by atoms with Crippen LogP contribution in [0.1, 0.15) is 191 Å². The van der Waals surface area contributed by atoms with E-state index in [1.54, 1.807) is 24.3 Å². The fourth-order valence-corrected chi connectivity index (χ4v) is 12.6. The number of esters is 2. The smallest absolute Gasteiger partial charge is 0.481 e. The molecule has 17 nitrogen and oxygen atoms in total. The molecule has 2 fully saturated rings. The van der Waals surface area contributed by atoms with Crippen LogP contribution in [0.4, 0.5) is 11.6 Å². The number of carbonyl (C=O) groups excluding carboxylic acids is 4. The van der Waals surface area contributed by atoms with Crippen LogP contribution in [0.3, 0.4) is 0 Å². The third kappa shape index (κ3) is 21.8. The summed E-state index contributed by atoms with van der Waals surface area (Å²) in [5.74, 6) is -3.81. The summed E-state index contributed by atoms with van der Waals surface area (Å²) >= 11 is 0. The van der Waals surface area contributed by atoms with Gasteiger partial charge in [0, 0.05) is 95.4 Å². The van der Waals surface area contributed by atoms with Crippen molar-refractivity contribution in [3.63, 3.8) is 0 Å². The SMILES string of the molecule is CC(=O)O.CC(=O)O.CC(=O)O.Cc1ccccc1C(=O)NC1=NC(=Nc2[n-]c(NC(=O)c3ccccc3C)c(C(=O)OC3C(C(C)(C)C)CC(C)CC3C(C)(C)C)c2-c2ccccc2)C(c2ccccc2)=C1C(=O)OC1C(C(C)(C)C)CC(C)CC1C(C)(C)C.[Cu+].[Cu]. The van der Waals surface area contributed by atoms with Crippen LogP contribution in [-0.4, -0.2) is 80.9 Å². The van der Waals surface area contributed by atoms with Crippen LogP contribution in [0, 0.1) is 71.0 Å². The molecule has 19 heteroatoms. The second-order valence-electron chi connectivity index (χ2n) is 28.8. The van der Waals surface area contributed by atoms with Crippen LogP contribution in [-0.2, 0) is 62.8 Å². The summed E-state index contributed by atoms with van der Waals surface area (Å²) in [6.45, 7) is 38.0. The molecule has 511 valence electrons. The Labute approximate surface area is 571 Å². The first-order chi connectivity index (χ1) is 42.2. The molecular formula is C74H96Cu2N5O12. The number of aliphatic imine (C=N–C) groups is 2. The number of amidine groups is 2. The third-order valence-electron chi connectivity index (χ3n) is 17.0. The van der Waals surface area contributed by atoms with E-state index in [1.807, 2.05) is 98.8 Å². The maximum absolute atomic E-state index is 15.7. The molecule has 2 heterocycles. The van der Waals surface area contributed by atoms with Gasteiger partial charge in [-0.2, -0.15) is 0 Å². The molecule has 8 rings (SSSR count). The Balaban J connectivity index is 0.00000148. The third-order valence-corrected chi connectivity index (χ3v) is 17.0. The number of carboxylic acids is 3. The number of aryl methyl sites for hydroxylation is 2. The van der Waals surface area contributed by atoms with Crippen molar-refractivity contribution < 1.29 is 92.5 Å². The summed E-state index contributed by atoms with van der Waals surface area (Å²) in [5, 5.41) is 28.3. The average Bonchev–Trinajstić information content (AvgIpc) is 1.67. The van der Waals surface area contributed by atoms with Crippen molar-refractivity contribution in [1.29, 1.82) is 0 Å². The number of aromatic nitrogens is 1. The Morgan fingerprint density at radius 1 is 0.516 bits per heavy atom. The Hall–Kier alpha value is -7.43. The van der Waals surface area contributed by atoms with Gasteiger partial charge >= 0.3 is 29.0 Å². The molecule has 93 heavy (non-hydrogen) atoms. The molecule has 2 saturated carbocycles. The number of carboxylic acid groups (broad SMARTS) is 3. The molecular weight excluding hydrogens is 1280 g/mol. The van der Waals surface area contributed by atoms with Gasteiger partial charge in [0.2, 0.25) is 5.91 Å². The molecule has 1 aromatic heterocycles. The minimum atomic E-state index is -0.833. The van der Waals surface area contributed by atoms with Crippen molar-refractivity contribution in [3.05, 3.63) is 148 Å². The van der Waals surface area contributed by atoms with Gasteiger partial charge in [0.25, 0.3) is 23.8 Å². The molecule has 1 radical (unpaired) electrons. The molecule has 0 saturated heterocycles. The number of nitrogens with zero attached hydrogens (tertiary/aromatic N) is 3. The zero-order valence-electron chi connectivity index (χ0n) is 57.3. The van der Waals surface area contributed by atoms with E-state index < -0.39 is 53.9 Å². The molecule has 1 aliphatic heterocycles. The zero-order valence-corrected chi connectivity index (χ0v) is 59.2. The van der Waals surface area contributed by atoms with Gasteiger partial charge in [-0.25, -0.2) is 14.6 Å². The van der Waals surface area contributed by atoms with Gasteiger partial charge in [-0.3, -0.25) is 24.0 Å². The molecule has 2 amide bonds. The minimum Gasteiger partial charge on any atom is -0.481 e. The van der Waals surface area contributed by atoms with E-state index in [9.17, 15) is 9.59 Å². The second-order valence-corrected chi connectivity index (χ2v) is 28.8. The van der Waals surface area contributed by atoms with Crippen LogP contribution in [0.15, 0.2) is 125 Å². The summed E-state index contributed by atoms with van der Waals surface area (Å²) in [4.78, 5) is 103. The Bertz CT molecular complexity index is 3440. The number of carbonyl (C=O) groups is 7. The van der Waals surface area contributed by atoms with Gasteiger partial charge < -0.3 is 45.4 Å². The topological polar surface area (TPSA) is 262 Å². The predicted octanol–water partition coefficient (Wildman–Crippen LogP) is 15.7. The number of ether oxygens (including phenoxy) is 2. The van der Waals surface area contributed by atoms with Gasteiger partial charge in [-0.05, 0) is 101 Å². The van der Waals surface area contributed by atoms with Crippen LogP contribution in [0.5, 0.6) is 0 Å². The molecule has 5 N–H and O–H groups in total. The number of amides is 2. The average molecular weight is 1370 g/mol. The zero-order chi connectivity index (χ0) is 68.2. The van der Waals surface area contributed by atoms with E-state index in [1.165, 1.54) is 0 Å². The summed E-state index contributed by atoms with van der Waals surface area (Å²) in [7, 11) is 0. The van der Waals surface area contributed by atoms with Crippen molar-refractivity contribution in [2.75, 3.05) is 5.32 Å². The van der Waals surface area contributed by atoms with E-state index >= 15 is 9.59 Å². The van der Waals surface area contributed by atoms with Crippen molar-refractivity contribution in [3.8, 4) is 11.1 Å². The second kappa shape index (κ2) is 33.6. The van der Waals surface area contributed by atoms with E-state index in [0.717, 1.165) is 57.6 Å². The van der Waals surface area contributed by atoms with Crippen LogP contribution >= 0.6 is 0 Å². The van der Waals surface area contributed by atoms with Crippen LogP contribution < -0.4 is 15.6 Å². The number of rotatable bonds is 10. The van der Waals surface area contributed by atoms with Crippen molar-refractivity contribution in [2.24, 2.45) is 67.2 Å². The number of anilines is 1. The Morgan fingerprint density at radius 3 is 1.22 bits per heavy atom. The van der Waals surface area contributed by atoms with Gasteiger partial charge in [0.05, 0.1) is 11.4 Å². The number of nitrogens with one attached hydrogen (secondary N) is 2.